The van der Waals surface area contributed by atoms with Gasteiger partial charge in [0, 0.05) is 25.7 Å². The van der Waals surface area contributed by atoms with Crippen molar-refractivity contribution in [1.29, 1.82) is 0 Å². The largest absolute Gasteiger partial charge is 0.489 e. The Morgan fingerprint density at radius 1 is 1.11 bits per heavy atom. The molecule has 11 heteroatoms. The van der Waals surface area contributed by atoms with Gasteiger partial charge in [-0.2, -0.15) is 4.31 Å². The summed E-state index contributed by atoms with van der Waals surface area (Å²) >= 11 is 0. The van der Waals surface area contributed by atoms with Gasteiger partial charge in [0.25, 0.3) is 0 Å². The highest BCUT2D eigenvalue weighted by atomic mass is 32.2. The molecule has 1 unspecified atom stereocenters. The van der Waals surface area contributed by atoms with Crippen molar-refractivity contribution in [3.8, 4) is 17.2 Å². The molecule has 2 aliphatic rings. The normalized spacial score (nSPS) is 16.3. The van der Waals surface area contributed by atoms with E-state index in [4.69, 9.17) is 18.9 Å². The lowest BCUT2D eigenvalue weighted by Gasteiger charge is -2.35. The van der Waals surface area contributed by atoms with Gasteiger partial charge in [-0.3, -0.25) is 0 Å². The molecule has 3 aromatic rings. The summed E-state index contributed by atoms with van der Waals surface area (Å²) in [5.74, 6) is 1.75. The van der Waals surface area contributed by atoms with Crippen molar-refractivity contribution in [1.82, 2.24) is 9.21 Å². The third-order valence-electron chi connectivity index (χ3n) is 8.14. The molecular weight excluding hydrogens is 620 g/mol. The van der Waals surface area contributed by atoms with Gasteiger partial charge < -0.3 is 29.0 Å². The van der Waals surface area contributed by atoms with Gasteiger partial charge in [0.1, 0.15) is 18.0 Å². The maximum Gasteiger partial charge on any atom is 0.410 e. The van der Waals surface area contributed by atoms with Crippen LogP contribution in [0.2, 0.25) is 0 Å². The quantitative estimate of drug-likeness (QED) is 0.266. The lowest BCUT2D eigenvalue weighted by molar-refractivity contribution is 0.0299. The first-order valence-corrected chi connectivity index (χ1v) is 17.4. The molecule has 1 N–H and O–H groups in total. The number of hydrogen-bond donors (Lipinski definition) is 1. The summed E-state index contributed by atoms with van der Waals surface area (Å²) in [6, 6.07) is 16.7. The summed E-state index contributed by atoms with van der Waals surface area (Å²) in [6.45, 7) is 8.06. The maximum atomic E-state index is 13.9. The Hall–Kier alpha value is -4.06. The topological polar surface area (TPSA) is 115 Å². The van der Waals surface area contributed by atoms with Gasteiger partial charge in [0.05, 0.1) is 18.4 Å². The predicted molar refractivity (Wildman–Crippen MR) is 180 cm³/mol. The standard InChI is InChI=1S/C36H44N2O8S/c1-25-18-33-34(45-24-44-33)20-27(25)12-13-31-30-19-29(22-39)32(43-23-26-10-7-6-8-11-26)21-28(30)14-16-38(31)47(41,42)17-9-15-37(5)35(40)46-36(2,3)4/h6-8,10-13,18-21,31,39H,9,14-17,22-24H2,1-5H3/b13-12+. The molecular formula is C36H44N2O8S. The van der Waals surface area contributed by atoms with E-state index in [-0.39, 0.29) is 38.7 Å². The van der Waals surface area contributed by atoms with Gasteiger partial charge >= 0.3 is 6.09 Å². The van der Waals surface area contributed by atoms with Crippen molar-refractivity contribution in [2.75, 3.05) is 32.7 Å². The second kappa shape index (κ2) is 14.4. The number of sulfonamides is 1. The number of aliphatic hydroxyl groups excluding tert-OH is 1. The SMILES string of the molecule is Cc1cc2c(cc1/C=C/C1c3cc(CO)c(OCc4ccccc4)cc3CCN1S(=O)(=O)CCCN(C)C(=O)OC(C)(C)C)OCO2. The second-order valence-corrected chi connectivity index (χ2v) is 14.9. The highest BCUT2D eigenvalue weighted by Gasteiger charge is 2.35. The smallest absolute Gasteiger partial charge is 0.410 e. The predicted octanol–water partition coefficient (Wildman–Crippen LogP) is 5.99. The first-order chi connectivity index (χ1) is 22.3. The lowest BCUT2D eigenvalue weighted by atomic mass is 9.91. The number of ether oxygens (including phenoxy) is 4. The van der Waals surface area contributed by atoms with E-state index in [1.807, 2.05) is 73.7 Å². The number of aryl methyl sites for hydroxylation is 1. The zero-order chi connectivity index (χ0) is 33.8. The van der Waals surface area contributed by atoms with Gasteiger partial charge in [-0.05, 0) is 92.6 Å². The van der Waals surface area contributed by atoms with Gasteiger partial charge in [0.15, 0.2) is 11.5 Å². The molecule has 0 bridgehead atoms. The molecule has 1 atom stereocenters. The first-order valence-electron chi connectivity index (χ1n) is 15.8. The van der Waals surface area contributed by atoms with Gasteiger partial charge in [-0.15, -0.1) is 0 Å². The molecule has 0 saturated heterocycles. The van der Waals surface area contributed by atoms with Crippen LogP contribution in [-0.4, -0.2) is 67.1 Å². The summed E-state index contributed by atoms with van der Waals surface area (Å²) in [5.41, 5.74) is 4.52. The van der Waals surface area contributed by atoms with Crippen LogP contribution in [0.25, 0.3) is 6.08 Å². The van der Waals surface area contributed by atoms with Crippen molar-refractivity contribution >= 4 is 22.2 Å². The summed E-state index contributed by atoms with van der Waals surface area (Å²) in [6.07, 6.45) is 4.02. The van der Waals surface area contributed by atoms with E-state index < -0.39 is 27.8 Å². The molecule has 47 heavy (non-hydrogen) atoms. The number of carbonyl (C=O) groups is 1. The van der Waals surface area contributed by atoms with Crippen LogP contribution in [0.5, 0.6) is 17.2 Å². The number of hydrogen-bond acceptors (Lipinski definition) is 8. The molecule has 0 aliphatic carbocycles. The third-order valence-corrected chi connectivity index (χ3v) is 10.1. The Bertz CT molecular complexity index is 1720. The van der Waals surface area contributed by atoms with Crippen molar-refractivity contribution in [2.45, 2.75) is 65.4 Å². The molecule has 3 aromatic carbocycles. The van der Waals surface area contributed by atoms with Gasteiger partial charge in [-0.1, -0.05) is 42.5 Å². The fourth-order valence-electron chi connectivity index (χ4n) is 5.67. The van der Waals surface area contributed by atoms with Crippen LogP contribution >= 0.6 is 0 Å². The molecule has 0 saturated carbocycles. The van der Waals surface area contributed by atoms with E-state index in [1.165, 1.54) is 9.21 Å². The number of carbonyl (C=O) groups excluding carboxylic acids is 1. The lowest BCUT2D eigenvalue weighted by Crippen LogP contribution is -2.41. The van der Waals surface area contributed by atoms with Crippen LogP contribution < -0.4 is 14.2 Å². The summed E-state index contributed by atoms with van der Waals surface area (Å²) < 4.78 is 52.1. The second-order valence-electron chi connectivity index (χ2n) is 12.9. The highest BCUT2D eigenvalue weighted by Crippen LogP contribution is 2.39. The minimum atomic E-state index is -3.77. The molecule has 0 spiro atoms. The fourth-order valence-corrected chi connectivity index (χ4v) is 7.30. The zero-order valence-corrected chi connectivity index (χ0v) is 28.5. The molecule has 2 heterocycles. The number of amides is 1. The van der Waals surface area contributed by atoms with E-state index in [2.05, 4.69) is 0 Å². The highest BCUT2D eigenvalue weighted by molar-refractivity contribution is 7.89. The van der Waals surface area contributed by atoms with Gasteiger partial charge in [-0.25, -0.2) is 13.2 Å². The molecule has 252 valence electrons. The minimum absolute atomic E-state index is 0.145. The van der Waals surface area contributed by atoms with E-state index in [9.17, 15) is 18.3 Å². The van der Waals surface area contributed by atoms with E-state index in [0.717, 1.165) is 27.8 Å². The average molecular weight is 665 g/mol. The molecule has 10 nitrogen and oxygen atoms in total. The van der Waals surface area contributed by atoms with Crippen molar-refractivity contribution in [3.63, 3.8) is 0 Å². The molecule has 0 fully saturated rings. The summed E-state index contributed by atoms with van der Waals surface area (Å²) in [5, 5.41) is 10.3. The number of aliphatic hydroxyl groups is 1. The van der Waals surface area contributed by atoms with Crippen LogP contribution in [0.1, 0.15) is 66.6 Å². The number of fused-ring (bicyclic) bond motifs is 2. The first kappa shape index (κ1) is 34.3. The Morgan fingerprint density at radius 3 is 2.53 bits per heavy atom. The van der Waals surface area contributed by atoms with Crippen molar-refractivity contribution < 1.29 is 37.3 Å². The summed E-state index contributed by atoms with van der Waals surface area (Å²) in [4.78, 5) is 13.8. The Labute approximate surface area is 277 Å². The average Bonchev–Trinajstić information content (AvgIpc) is 3.48. The number of nitrogens with zero attached hydrogens (tertiary/aromatic N) is 2. The van der Waals surface area contributed by atoms with Gasteiger partial charge in [0.2, 0.25) is 16.8 Å². The van der Waals surface area contributed by atoms with E-state index >= 15 is 0 Å². The van der Waals surface area contributed by atoms with Crippen LogP contribution in [0, 0.1) is 6.92 Å². The van der Waals surface area contributed by atoms with Crippen LogP contribution in [0.15, 0.2) is 60.7 Å². The van der Waals surface area contributed by atoms with E-state index in [1.54, 1.807) is 27.8 Å². The van der Waals surface area contributed by atoms with Crippen LogP contribution in [0.3, 0.4) is 0 Å². The number of benzene rings is 3. The molecule has 2 aliphatic heterocycles. The molecule has 1 amide bonds. The van der Waals surface area contributed by atoms with Crippen molar-refractivity contribution in [2.24, 2.45) is 0 Å². The Balaban J connectivity index is 1.42. The maximum absolute atomic E-state index is 13.9. The molecule has 0 radical (unpaired) electrons. The van der Waals surface area contributed by atoms with Crippen LogP contribution in [0.4, 0.5) is 4.79 Å². The molecule has 5 rings (SSSR count). The minimum Gasteiger partial charge on any atom is -0.489 e. The third kappa shape index (κ3) is 8.46. The van der Waals surface area contributed by atoms with Crippen molar-refractivity contribution in [3.05, 3.63) is 94.1 Å². The Morgan fingerprint density at radius 2 is 1.83 bits per heavy atom. The van der Waals surface area contributed by atoms with Crippen LogP contribution in [-0.2, 0) is 34.4 Å². The molecule has 0 aromatic heterocycles. The number of rotatable bonds is 11. The summed E-state index contributed by atoms with van der Waals surface area (Å²) in [7, 11) is -2.16. The fraction of sp³-hybridized carbons (Fsp3) is 0.417. The monoisotopic (exact) mass is 664 g/mol. The zero-order valence-electron chi connectivity index (χ0n) is 27.7. The van der Waals surface area contributed by atoms with E-state index in [0.29, 0.717) is 35.8 Å². The Kier molecular flexibility index (Phi) is 10.5.